The molecule has 5 nitrogen and oxygen atoms in total. The number of halogens is 1. The summed E-state index contributed by atoms with van der Waals surface area (Å²) in [6, 6.07) is 17.0. The molecule has 118 valence electrons. The summed E-state index contributed by atoms with van der Waals surface area (Å²) in [4.78, 5) is 4.40. The van der Waals surface area contributed by atoms with E-state index in [1.54, 1.807) is 24.3 Å². The van der Waals surface area contributed by atoms with E-state index in [2.05, 4.69) is 15.2 Å². The third-order valence-electron chi connectivity index (χ3n) is 3.37. The summed E-state index contributed by atoms with van der Waals surface area (Å²) in [5.74, 6) is 1.95. The van der Waals surface area contributed by atoms with Gasteiger partial charge in [-0.25, -0.2) is 4.98 Å². The van der Waals surface area contributed by atoms with E-state index in [1.807, 2.05) is 30.3 Å². The van der Waals surface area contributed by atoms with Crippen molar-refractivity contribution < 1.29 is 4.74 Å². The number of benzene rings is 2. The number of hydrogen-bond acceptors (Lipinski definition) is 4. The molecular formula is C17H17ClN4O. The summed E-state index contributed by atoms with van der Waals surface area (Å²) in [5.41, 5.74) is 7.32. The van der Waals surface area contributed by atoms with Crippen molar-refractivity contribution in [2.24, 2.45) is 5.73 Å². The molecule has 0 bridgehead atoms. The van der Waals surface area contributed by atoms with Gasteiger partial charge >= 0.3 is 0 Å². The second-order valence-electron chi connectivity index (χ2n) is 5.18. The smallest absolute Gasteiger partial charge is 0.167 e. The van der Waals surface area contributed by atoms with Gasteiger partial charge in [-0.15, -0.1) is 0 Å². The van der Waals surface area contributed by atoms with Crippen LogP contribution in [0.3, 0.4) is 0 Å². The molecule has 2 aromatic carbocycles. The van der Waals surface area contributed by atoms with Crippen molar-refractivity contribution in [2.75, 3.05) is 0 Å². The number of nitrogens with two attached hydrogens (primary N) is 1. The molecule has 0 fully saturated rings. The highest BCUT2D eigenvalue weighted by Gasteiger charge is 2.13. The lowest BCUT2D eigenvalue weighted by molar-refractivity contribution is 0.296. The SMILES string of the molecule is N[C@@H](Cc1ccccc1)c1n[nH]c(COc2ccc(Cl)cc2)n1. The predicted octanol–water partition coefficient (Wildman–Crippen LogP) is 3.28. The third-order valence-corrected chi connectivity index (χ3v) is 3.62. The largest absolute Gasteiger partial charge is 0.486 e. The molecular weight excluding hydrogens is 312 g/mol. The van der Waals surface area contributed by atoms with E-state index < -0.39 is 0 Å². The first-order chi connectivity index (χ1) is 11.2. The van der Waals surface area contributed by atoms with E-state index in [-0.39, 0.29) is 6.04 Å². The van der Waals surface area contributed by atoms with Gasteiger partial charge in [-0.2, -0.15) is 5.10 Å². The zero-order chi connectivity index (χ0) is 16.1. The van der Waals surface area contributed by atoms with Crippen LogP contribution in [-0.4, -0.2) is 15.2 Å². The van der Waals surface area contributed by atoms with E-state index in [9.17, 15) is 0 Å². The van der Waals surface area contributed by atoms with Crippen LogP contribution >= 0.6 is 11.6 Å². The molecule has 0 aliphatic carbocycles. The van der Waals surface area contributed by atoms with Crippen LogP contribution in [0.15, 0.2) is 54.6 Å². The quantitative estimate of drug-likeness (QED) is 0.728. The van der Waals surface area contributed by atoms with Crippen LogP contribution in [0.5, 0.6) is 5.75 Å². The zero-order valence-electron chi connectivity index (χ0n) is 12.4. The molecule has 0 aliphatic heterocycles. The summed E-state index contributed by atoms with van der Waals surface area (Å²) in [5, 5.41) is 7.71. The monoisotopic (exact) mass is 328 g/mol. The van der Waals surface area contributed by atoms with Crippen molar-refractivity contribution in [3.8, 4) is 5.75 Å². The molecule has 0 spiro atoms. The van der Waals surface area contributed by atoms with Gasteiger partial charge in [0.05, 0.1) is 6.04 Å². The van der Waals surface area contributed by atoms with Gasteiger partial charge in [0.2, 0.25) is 0 Å². The molecule has 0 radical (unpaired) electrons. The molecule has 3 aromatic rings. The van der Waals surface area contributed by atoms with E-state index in [1.165, 1.54) is 0 Å². The van der Waals surface area contributed by atoms with Gasteiger partial charge in [0.1, 0.15) is 12.4 Å². The van der Waals surface area contributed by atoms with Crippen LogP contribution in [0.2, 0.25) is 5.02 Å². The summed E-state index contributed by atoms with van der Waals surface area (Å²) < 4.78 is 5.63. The third kappa shape index (κ3) is 4.31. The zero-order valence-corrected chi connectivity index (χ0v) is 13.2. The van der Waals surface area contributed by atoms with E-state index in [4.69, 9.17) is 22.1 Å². The van der Waals surface area contributed by atoms with Crippen molar-refractivity contribution >= 4 is 11.6 Å². The first kappa shape index (κ1) is 15.5. The highest BCUT2D eigenvalue weighted by atomic mass is 35.5. The van der Waals surface area contributed by atoms with E-state index >= 15 is 0 Å². The number of ether oxygens (including phenoxy) is 1. The number of H-pyrrole nitrogens is 1. The van der Waals surface area contributed by atoms with E-state index in [0.717, 1.165) is 11.3 Å². The summed E-state index contributed by atoms with van der Waals surface area (Å²) in [6.45, 7) is 0.298. The topological polar surface area (TPSA) is 76.8 Å². The molecule has 0 aliphatic rings. The van der Waals surface area contributed by atoms with Crippen LogP contribution in [0, 0.1) is 0 Å². The van der Waals surface area contributed by atoms with Gasteiger partial charge in [-0.1, -0.05) is 41.9 Å². The van der Waals surface area contributed by atoms with Crippen LogP contribution < -0.4 is 10.5 Å². The van der Waals surface area contributed by atoms with Crippen molar-refractivity contribution in [1.29, 1.82) is 0 Å². The number of aromatic amines is 1. The van der Waals surface area contributed by atoms with Crippen molar-refractivity contribution in [3.05, 3.63) is 76.8 Å². The standard InChI is InChI=1S/C17H17ClN4O/c18-13-6-8-14(9-7-13)23-11-16-20-17(22-21-16)15(19)10-12-4-2-1-3-5-12/h1-9,15H,10-11,19H2,(H,20,21,22)/t15-/m0/s1. The van der Waals surface area contributed by atoms with Crippen LogP contribution in [0.1, 0.15) is 23.3 Å². The molecule has 0 amide bonds. The Bertz CT molecular complexity index is 743. The molecule has 0 saturated heterocycles. The lowest BCUT2D eigenvalue weighted by atomic mass is 10.1. The maximum Gasteiger partial charge on any atom is 0.167 e. The average molecular weight is 329 g/mol. The first-order valence-corrected chi connectivity index (χ1v) is 7.67. The predicted molar refractivity (Wildman–Crippen MR) is 89.2 cm³/mol. The van der Waals surface area contributed by atoms with Gasteiger partial charge < -0.3 is 10.5 Å². The minimum absolute atomic E-state index is 0.252. The Morgan fingerprint density at radius 2 is 1.83 bits per heavy atom. The maximum atomic E-state index is 6.16. The fourth-order valence-electron chi connectivity index (χ4n) is 2.18. The molecule has 3 N–H and O–H groups in total. The molecule has 1 aromatic heterocycles. The molecule has 3 rings (SSSR count). The van der Waals surface area contributed by atoms with Crippen LogP contribution in [0.25, 0.3) is 0 Å². The first-order valence-electron chi connectivity index (χ1n) is 7.30. The van der Waals surface area contributed by atoms with Crippen molar-refractivity contribution in [3.63, 3.8) is 0 Å². The van der Waals surface area contributed by atoms with Gasteiger partial charge in [-0.3, -0.25) is 5.10 Å². The average Bonchev–Trinajstić information content (AvgIpc) is 3.04. The molecule has 0 saturated carbocycles. The molecule has 0 unspecified atom stereocenters. The maximum absolute atomic E-state index is 6.16. The second kappa shape index (κ2) is 7.26. The lowest BCUT2D eigenvalue weighted by Crippen LogP contribution is -2.15. The van der Waals surface area contributed by atoms with Gasteiger partial charge in [0.15, 0.2) is 11.6 Å². The minimum Gasteiger partial charge on any atom is -0.486 e. The number of hydrogen-bond donors (Lipinski definition) is 2. The number of rotatable bonds is 6. The van der Waals surface area contributed by atoms with Crippen LogP contribution in [0.4, 0.5) is 0 Å². The number of nitrogens with zero attached hydrogens (tertiary/aromatic N) is 2. The highest BCUT2D eigenvalue weighted by molar-refractivity contribution is 6.30. The minimum atomic E-state index is -0.252. The van der Waals surface area contributed by atoms with E-state index in [0.29, 0.717) is 29.7 Å². The van der Waals surface area contributed by atoms with Crippen LogP contribution in [-0.2, 0) is 13.0 Å². The van der Waals surface area contributed by atoms with Gasteiger partial charge in [0.25, 0.3) is 0 Å². The van der Waals surface area contributed by atoms with Gasteiger partial charge in [0, 0.05) is 5.02 Å². The molecule has 1 heterocycles. The number of nitrogens with one attached hydrogen (secondary N) is 1. The lowest BCUT2D eigenvalue weighted by Gasteiger charge is -2.07. The molecule has 6 heteroatoms. The Morgan fingerprint density at radius 1 is 1.09 bits per heavy atom. The molecule has 23 heavy (non-hydrogen) atoms. The Morgan fingerprint density at radius 3 is 2.57 bits per heavy atom. The highest BCUT2D eigenvalue weighted by Crippen LogP contribution is 2.17. The van der Waals surface area contributed by atoms with Crippen molar-refractivity contribution in [1.82, 2.24) is 15.2 Å². The Balaban J connectivity index is 1.58. The summed E-state index contributed by atoms with van der Waals surface area (Å²) >= 11 is 5.84. The summed E-state index contributed by atoms with van der Waals surface area (Å²) in [7, 11) is 0. The fourth-order valence-corrected chi connectivity index (χ4v) is 2.31. The Hall–Kier alpha value is -2.37. The Kier molecular flexibility index (Phi) is 4.90. The van der Waals surface area contributed by atoms with Crippen molar-refractivity contribution in [2.45, 2.75) is 19.1 Å². The normalized spacial score (nSPS) is 12.1. The number of aromatic nitrogens is 3. The second-order valence-corrected chi connectivity index (χ2v) is 5.62. The summed E-state index contributed by atoms with van der Waals surface area (Å²) in [6.07, 6.45) is 0.691. The van der Waals surface area contributed by atoms with Gasteiger partial charge in [-0.05, 0) is 36.2 Å². The molecule has 1 atom stereocenters. The fraction of sp³-hybridized carbons (Fsp3) is 0.176. The Labute approximate surface area is 139 Å².